The number of hydrogen-bond donors (Lipinski definition) is 0. The molecule has 0 amide bonds. The molecule has 0 N–H and O–H groups in total. The Morgan fingerprint density at radius 3 is 2.54 bits per heavy atom. The van der Waals surface area contributed by atoms with Crippen LogP contribution in [-0.2, 0) is 11.8 Å². The van der Waals surface area contributed by atoms with E-state index in [9.17, 15) is 4.79 Å². The lowest BCUT2D eigenvalue weighted by Crippen LogP contribution is -2.05. The third kappa shape index (κ3) is 2.67. The summed E-state index contributed by atoms with van der Waals surface area (Å²) in [5.74, 6) is 1.44. The number of rotatable bonds is 4. The minimum absolute atomic E-state index is 0.382. The maximum atomic E-state index is 11.3. The predicted molar refractivity (Wildman–Crippen MR) is 90.6 cm³/mol. The van der Waals surface area contributed by atoms with Crippen molar-refractivity contribution in [3.05, 3.63) is 36.4 Å². The Labute approximate surface area is 139 Å². The van der Waals surface area contributed by atoms with Gasteiger partial charge in [0, 0.05) is 31.2 Å². The highest BCUT2D eigenvalue weighted by Crippen LogP contribution is 2.38. The van der Waals surface area contributed by atoms with E-state index in [2.05, 4.69) is 5.10 Å². The third-order valence-corrected chi connectivity index (χ3v) is 3.75. The van der Waals surface area contributed by atoms with Crippen molar-refractivity contribution in [3.8, 4) is 28.5 Å². The number of carbonyl (C=O) groups is 1. The van der Waals surface area contributed by atoms with Crippen molar-refractivity contribution in [3.63, 3.8) is 0 Å². The summed E-state index contributed by atoms with van der Waals surface area (Å²) in [6.07, 6.45) is 0. The first-order valence-corrected chi connectivity index (χ1v) is 7.41. The molecule has 0 aliphatic heterocycles. The van der Waals surface area contributed by atoms with E-state index in [4.69, 9.17) is 14.2 Å². The summed E-state index contributed by atoms with van der Waals surface area (Å²) in [7, 11) is 4.97. The maximum Gasteiger partial charge on any atom is 0.309 e. The van der Waals surface area contributed by atoms with Crippen molar-refractivity contribution in [2.24, 2.45) is 7.05 Å². The van der Waals surface area contributed by atoms with E-state index in [0.717, 1.165) is 22.0 Å². The molecular weight excluding hydrogens is 308 g/mol. The van der Waals surface area contributed by atoms with Crippen molar-refractivity contribution < 1.29 is 19.0 Å². The van der Waals surface area contributed by atoms with Crippen LogP contribution in [-0.4, -0.2) is 30.0 Å². The van der Waals surface area contributed by atoms with Crippen molar-refractivity contribution in [1.82, 2.24) is 9.78 Å². The molecule has 0 atom stereocenters. The van der Waals surface area contributed by atoms with Crippen molar-refractivity contribution in [2.75, 3.05) is 14.2 Å². The van der Waals surface area contributed by atoms with Gasteiger partial charge in [0.1, 0.15) is 17.0 Å². The van der Waals surface area contributed by atoms with Crippen LogP contribution < -0.4 is 14.2 Å². The van der Waals surface area contributed by atoms with E-state index < -0.39 is 0 Å². The van der Waals surface area contributed by atoms with Crippen molar-refractivity contribution in [2.45, 2.75) is 6.92 Å². The molecule has 1 aromatic heterocycles. The highest BCUT2D eigenvalue weighted by atomic mass is 16.5. The number of carbonyl (C=O) groups excluding carboxylic acids is 1. The molecule has 0 aliphatic carbocycles. The number of fused-ring (bicyclic) bond motifs is 1. The Kier molecular flexibility index (Phi) is 4.12. The second-order valence-corrected chi connectivity index (χ2v) is 5.29. The number of esters is 1. The highest BCUT2D eigenvalue weighted by Gasteiger charge is 2.18. The number of benzene rings is 2. The number of nitrogens with zero attached hydrogens (tertiary/aromatic N) is 2. The zero-order chi connectivity index (χ0) is 17.3. The van der Waals surface area contributed by atoms with Crippen LogP contribution >= 0.6 is 0 Å². The van der Waals surface area contributed by atoms with E-state index >= 15 is 0 Å². The maximum absolute atomic E-state index is 11.3. The van der Waals surface area contributed by atoms with Gasteiger partial charge in [-0.25, -0.2) is 4.68 Å². The molecule has 6 heteroatoms. The van der Waals surface area contributed by atoms with E-state index in [1.54, 1.807) is 25.9 Å². The normalized spacial score (nSPS) is 10.7. The second kappa shape index (κ2) is 6.23. The zero-order valence-electron chi connectivity index (χ0n) is 14.0. The monoisotopic (exact) mass is 326 g/mol. The highest BCUT2D eigenvalue weighted by molar-refractivity contribution is 5.98. The molecule has 0 saturated carbocycles. The van der Waals surface area contributed by atoms with Gasteiger partial charge in [0.25, 0.3) is 0 Å². The van der Waals surface area contributed by atoms with E-state index in [-0.39, 0.29) is 5.97 Å². The topological polar surface area (TPSA) is 62.6 Å². The molecule has 0 radical (unpaired) electrons. The van der Waals surface area contributed by atoms with Gasteiger partial charge in [0.2, 0.25) is 5.88 Å². The second-order valence-electron chi connectivity index (χ2n) is 5.29. The first-order chi connectivity index (χ1) is 11.5. The molecule has 2 aromatic carbocycles. The van der Waals surface area contributed by atoms with Gasteiger partial charge in [0.15, 0.2) is 0 Å². The standard InChI is InChI=1S/C18H18N2O4/c1-11(21)24-18-15-7-5-6-14(17(15)19-20(18)2)13-9-8-12(22-3)10-16(13)23-4/h5-10H,1-4H3. The summed E-state index contributed by atoms with van der Waals surface area (Å²) in [5, 5.41) is 5.28. The zero-order valence-corrected chi connectivity index (χ0v) is 14.0. The summed E-state index contributed by atoms with van der Waals surface area (Å²) >= 11 is 0. The summed E-state index contributed by atoms with van der Waals surface area (Å²) in [4.78, 5) is 11.3. The summed E-state index contributed by atoms with van der Waals surface area (Å²) in [6.45, 7) is 1.37. The van der Waals surface area contributed by atoms with Gasteiger partial charge in [-0.2, -0.15) is 5.10 Å². The fourth-order valence-electron chi connectivity index (χ4n) is 2.69. The Balaban J connectivity index is 2.23. The Hall–Kier alpha value is -3.02. The summed E-state index contributed by atoms with van der Waals surface area (Å²) in [6, 6.07) is 11.3. The minimum Gasteiger partial charge on any atom is -0.497 e. The SMILES string of the molecule is COc1ccc(-c2cccc3c(OC(C)=O)n(C)nc23)c(OC)c1. The molecule has 3 rings (SSSR count). The number of aryl methyl sites for hydroxylation is 1. The van der Waals surface area contributed by atoms with Crippen LogP contribution in [0.25, 0.3) is 22.0 Å². The first-order valence-electron chi connectivity index (χ1n) is 7.41. The van der Waals surface area contributed by atoms with Gasteiger partial charge >= 0.3 is 5.97 Å². The van der Waals surface area contributed by atoms with Crippen LogP contribution in [0.5, 0.6) is 17.4 Å². The van der Waals surface area contributed by atoms with E-state index in [1.807, 2.05) is 36.4 Å². The average molecular weight is 326 g/mol. The molecule has 0 spiro atoms. The van der Waals surface area contributed by atoms with Gasteiger partial charge in [-0.3, -0.25) is 4.79 Å². The van der Waals surface area contributed by atoms with Gasteiger partial charge < -0.3 is 14.2 Å². The molecule has 0 unspecified atom stereocenters. The molecule has 0 saturated heterocycles. The summed E-state index contributed by atoms with van der Waals surface area (Å²) < 4.78 is 17.6. The molecular formula is C18H18N2O4. The van der Waals surface area contributed by atoms with Crippen LogP contribution in [0, 0.1) is 0 Å². The molecule has 0 aliphatic rings. The minimum atomic E-state index is -0.382. The van der Waals surface area contributed by atoms with Crippen LogP contribution in [0.15, 0.2) is 36.4 Å². The Morgan fingerprint density at radius 2 is 1.88 bits per heavy atom. The lowest BCUT2D eigenvalue weighted by molar-refractivity contribution is -0.132. The van der Waals surface area contributed by atoms with Crippen LogP contribution in [0.4, 0.5) is 0 Å². The van der Waals surface area contributed by atoms with Gasteiger partial charge in [-0.15, -0.1) is 0 Å². The van der Waals surface area contributed by atoms with Crippen molar-refractivity contribution in [1.29, 1.82) is 0 Å². The fraction of sp³-hybridized carbons (Fsp3) is 0.222. The van der Waals surface area contributed by atoms with Crippen LogP contribution in [0.2, 0.25) is 0 Å². The average Bonchev–Trinajstić information content (AvgIpc) is 2.89. The largest absolute Gasteiger partial charge is 0.497 e. The molecule has 0 bridgehead atoms. The lowest BCUT2D eigenvalue weighted by atomic mass is 10.0. The van der Waals surface area contributed by atoms with E-state index in [1.165, 1.54) is 6.92 Å². The summed E-state index contributed by atoms with van der Waals surface area (Å²) in [5.41, 5.74) is 2.51. The quantitative estimate of drug-likeness (QED) is 0.689. The Bertz CT molecular complexity index is 915. The van der Waals surface area contributed by atoms with Crippen LogP contribution in [0.1, 0.15) is 6.92 Å². The predicted octanol–water partition coefficient (Wildman–Crippen LogP) is 3.18. The first kappa shape index (κ1) is 15.9. The molecule has 124 valence electrons. The van der Waals surface area contributed by atoms with Gasteiger partial charge in [-0.1, -0.05) is 12.1 Å². The van der Waals surface area contributed by atoms with Gasteiger partial charge in [-0.05, 0) is 18.2 Å². The Morgan fingerprint density at radius 1 is 1.08 bits per heavy atom. The molecule has 1 heterocycles. The third-order valence-electron chi connectivity index (χ3n) is 3.75. The smallest absolute Gasteiger partial charge is 0.309 e. The number of aromatic nitrogens is 2. The van der Waals surface area contributed by atoms with E-state index in [0.29, 0.717) is 17.4 Å². The molecule has 6 nitrogen and oxygen atoms in total. The van der Waals surface area contributed by atoms with Crippen LogP contribution in [0.3, 0.4) is 0 Å². The number of hydrogen-bond acceptors (Lipinski definition) is 5. The fourth-order valence-corrected chi connectivity index (χ4v) is 2.69. The van der Waals surface area contributed by atoms with Gasteiger partial charge in [0.05, 0.1) is 19.6 Å². The molecule has 3 aromatic rings. The molecule has 24 heavy (non-hydrogen) atoms. The molecule has 0 fully saturated rings. The number of ether oxygens (including phenoxy) is 3. The lowest BCUT2D eigenvalue weighted by Gasteiger charge is -2.11. The van der Waals surface area contributed by atoms with Crippen molar-refractivity contribution >= 4 is 16.9 Å². The number of methoxy groups -OCH3 is 2.